The Morgan fingerprint density at radius 2 is 1.61 bits per heavy atom. The molecule has 31 heavy (non-hydrogen) atoms. The van der Waals surface area contributed by atoms with Gasteiger partial charge in [0.15, 0.2) is 0 Å². The zero-order chi connectivity index (χ0) is 22.0. The predicted octanol–water partition coefficient (Wildman–Crippen LogP) is 4.17. The van der Waals surface area contributed by atoms with Crippen molar-refractivity contribution in [2.75, 3.05) is 31.5 Å². The highest BCUT2D eigenvalue weighted by molar-refractivity contribution is 7.11. The summed E-state index contributed by atoms with van der Waals surface area (Å²) in [7, 11) is 4.55. The van der Waals surface area contributed by atoms with Crippen LogP contribution in [0.3, 0.4) is 0 Å². The molecule has 0 saturated carbocycles. The quantitative estimate of drug-likeness (QED) is 0.560. The van der Waals surface area contributed by atoms with Crippen LogP contribution in [-0.4, -0.2) is 33.1 Å². The average molecular weight is 436 g/mol. The molecule has 0 radical (unpaired) electrons. The smallest absolute Gasteiger partial charge is 0.282 e. The zero-order valence-corrected chi connectivity index (χ0v) is 18.0. The third-order valence-corrected chi connectivity index (χ3v) is 5.73. The van der Waals surface area contributed by atoms with Crippen molar-refractivity contribution < 1.29 is 23.8 Å². The number of imide groups is 1. The van der Waals surface area contributed by atoms with Gasteiger partial charge in [-0.15, -0.1) is 11.3 Å². The molecule has 3 aromatic rings. The van der Waals surface area contributed by atoms with Crippen LogP contribution in [0.25, 0.3) is 5.57 Å². The van der Waals surface area contributed by atoms with Gasteiger partial charge in [-0.25, -0.2) is 4.90 Å². The van der Waals surface area contributed by atoms with E-state index in [1.54, 1.807) is 43.5 Å². The third-order valence-electron chi connectivity index (χ3n) is 4.85. The van der Waals surface area contributed by atoms with Gasteiger partial charge in [0.1, 0.15) is 22.9 Å². The standard InChI is InChI=1S/C23H20N2O5S/c1-28-14-10-11-18(30-3)16(13-14)25-22(26)20(19-9-6-12-31-19)21(23(25)27)24-15-7-4-5-8-17(15)29-2/h4-13,24H,1-3H3. The van der Waals surface area contributed by atoms with Gasteiger partial charge in [-0.05, 0) is 35.7 Å². The maximum Gasteiger partial charge on any atom is 0.282 e. The van der Waals surface area contributed by atoms with Crippen molar-refractivity contribution in [1.29, 1.82) is 0 Å². The predicted molar refractivity (Wildman–Crippen MR) is 120 cm³/mol. The molecular formula is C23H20N2O5S. The van der Waals surface area contributed by atoms with E-state index in [9.17, 15) is 9.59 Å². The molecule has 0 fully saturated rings. The molecule has 2 amide bonds. The van der Waals surface area contributed by atoms with E-state index in [2.05, 4.69) is 5.32 Å². The van der Waals surface area contributed by atoms with Crippen LogP contribution in [-0.2, 0) is 9.59 Å². The molecule has 0 bridgehead atoms. The van der Waals surface area contributed by atoms with Gasteiger partial charge in [-0.1, -0.05) is 18.2 Å². The first-order chi connectivity index (χ1) is 15.1. The summed E-state index contributed by atoms with van der Waals surface area (Å²) in [6, 6.07) is 15.8. The molecule has 8 heteroatoms. The molecule has 2 aromatic carbocycles. The largest absolute Gasteiger partial charge is 0.497 e. The van der Waals surface area contributed by atoms with E-state index < -0.39 is 11.8 Å². The van der Waals surface area contributed by atoms with E-state index in [4.69, 9.17) is 14.2 Å². The molecule has 158 valence electrons. The van der Waals surface area contributed by atoms with Crippen molar-refractivity contribution in [3.05, 3.63) is 70.6 Å². The van der Waals surface area contributed by atoms with Crippen LogP contribution < -0.4 is 24.4 Å². The van der Waals surface area contributed by atoms with E-state index in [0.717, 1.165) is 4.90 Å². The van der Waals surface area contributed by atoms with Crippen molar-refractivity contribution in [2.24, 2.45) is 0 Å². The first-order valence-electron chi connectivity index (χ1n) is 9.38. The number of hydrogen-bond acceptors (Lipinski definition) is 7. The number of benzene rings is 2. The second-order valence-electron chi connectivity index (χ2n) is 6.54. The van der Waals surface area contributed by atoms with Crippen LogP contribution >= 0.6 is 11.3 Å². The van der Waals surface area contributed by atoms with Crippen LogP contribution in [0.5, 0.6) is 17.2 Å². The number of para-hydroxylation sites is 2. The van der Waals surface area contributed by atoms with Gasteiger partial charge < -0.3 is 19.5 Å². The SMILES string of the molecule is COc1ccc(OC)c(N2C(=O)C(Nc3ccccc3OC)=C(c3cccs3)C2=O)c1. The maximum atomic E-state index is 13.5. The van der Waals surface area contributed by atoms with Gasteiger partial charge in [-0.2, -0.15) is 0 Å². The number of amides is 2. The highest BCUT2D eigenvalue weighted by atomic mass is 32.1. The van der Waals surface area contributed by atoms with Crippen molar-refractivity contribution in [2.45, 2.75) is 0 Å². The number of thiophene rings is 1. The molecule has 0 spiro atoms. The third kappa shape index (κ3) is 3.62. The summed E-state index contributed by atoms with van der Waals surface area (Å²) in [6.07, 6.45) is 0. The monoisotopic (exact) mass is 436 g/mol. The van der Waals surface area contributed by atoms with Gasteiger partial charge in [0, 0.05) is 10.9 Å². The second kappa shape index (κ2) is 8.53. The minimum atomic E-state index is -0.495. The molecule has 1 aromatic heterocycles. The van der Waals surface area contributed by atoms with Crippen molar-refractivity contribution >= 4 is 40.1 Å². The molecule has 0 aliphatic carbocycles. The Kier molecular flexibility index (Phi) is 5.64. The van der Waals surface area contributed by atoms with Crippen LogP contribution in [0, 0.1) is 0 Å². The summed E-state index contributed by atoms with van der Waals surface area (Å²) in [6.45, 7) is 0. The second-order valence-corrected chi connectivity index (χ2v) is 7.48. The average Bonchev–Trinajstić information content (AvgIpc) is 3.40. The Balaban J connectivity index is 1.84. The lowest BCUT2D eigenvalue weighted by atomic mass is 10.1. The number of methoxy groups -OCH3 is 3. The number of ether oxygens (including phenoxy) is 3. The summed E-state index contributed by atoms with van der Waals surface area (Å²) in [5.41, 5.74) is 1.34. The number of hydrogen-bond donors (Lipinski definition) is 1. The van der Waals surface area contributed by atoms with E-state index >= 15 is 0 Å². The summed E-state index contributed by atoms with van der Waals surface area (Å²) in [4.78, 5) is 28.9. The first-order valence-corrected chi connectivity index (χ1v) is 10.3. The summed E-state index contributed by atoms with van der Waals surface area (Å²) >= 11 is 1.38. The van der Waals surface area contributed by atoms with Gasteiger partial charge in [0.2, 0.25) is 0 Å². The summed E-state index contributed by atoms with van der Waals surface area (Å²) in [5.74, 6) is 0.493. The number of nitrogens with zero attached hydrogens (tertiary/aromatic N) is 1. The molecule has 0 atom stereocenters. The van der Waals surface area contributed by atoms with Crippen LogP contribution in [0.1, 0.15) is 4.88 Å². The van der Waals surface area contributed by atoms with E-state index in [-0.39, 0.29) is 11.3 Å². The first kappa shape index (κ1) is 20.5. The lowest BCUT2D eigenvalue weighted by Crippen LogP contribution is -2.32. The van der Waals surface area contributed by atoms with Gasteiger partial charge in [0.05, 0.1) is 38.3 Å². The topological polar surface area (TPSA) is 77.1 Å². The molecule has 1 N–H and O–H groups in total. The molecule has 7 nitrogen and oxygen atoms in total. The van der Waals surface area contributed by atoms with Crippen LogP contribution in [0.15, 0.2) is 65.7 Å². The molecule has 2 heterocycles. The Morgan fingerprint density at radius 3 is 2.29 bits per heavy atom. The number of carbonyl (C=O) groups is 2. The van der Waals surface area contributed by atoms with Crippen LogP contribution in [0.4, 0.5) is 11.4 Å². The minimum Gasteiger partial charge on any atom is -0.497 e. The number of carbonyl (C=O) groups excluding carboxylic acids is 2. The highest BCUT2D eigenvalue weighted by Gasteiger charge is 2.42. The number of anilines is 2. The Morgan fingerprint density at radius 1 is 0.839 bits per heavy atom. The summed E-state index contributed by atoms with van der Waals surface area (Å²) < 4.78 is 16.1. The fourth-order valence-electron chi connectivity index (χ4n) is 3.37. The maximum absolute atomic E-state index is 13.5. The van der Waals surface area contributed by atoms with Crippen LogP contribution in [0.2, 0.25) is 0 Å². The number of nitrogens with one attached hydrogen (secondary N) is 1. The fraction of sp³-hybridized carbons (Fsp3) is 0.130. The highest BCUT2D eigenvalue weighted by Crippen LogP contribution is 2.41. The molecule has 1 aliphatic rings. The zero-order valence-electron chi connectivity index (χ0n) is 17.2. The fourth-order valence-corrected chi connectivity index (χ4v) is 4.14. The van der Waals surface area contributed by atoms with E-state index in [1.165, 1.54) is 25.6 Å². The van der Waals surface area contributed by atoms with Crippen molar-refractivity contribution in [3.8, 4) is 17.2 Å². The number of rotatable bonds is 7. The van der Waals surface area contributed by atoms with Gasteiger partial charge in [0.25, 0.3) is 11.8 Å². The molecule has 1 aliphatic heterocycles. The van der Waals surface area contributed by atoms with E-state index in [0.29, 0.717) is 33.5 Å². The lowest BCUT2D eigenvalue weighted by molar-refractivity contribution is -0.120. The van der Waals surface area contributed by atoms with Gasteiger partial charge in [-0.3, -0.25) is 9.59 Å². The van der Waals surface area contributed by atoms with Crippen molar-refractivity contribution in [3.63, 3.8) is 0 Å². The Hall–Kier alpha value is -3.78. The van der Waals surface area contributed by atoms with Crippen molar-refractivity contribution in [1.82, 2.24) is 0 Å². The Labute approximate surface area is 183 Å². The molecule has 4 rings (SSSR count). The minimum absolute atomic E-state index is 0.168. The normalized spacial score (nSPS) is 13.6. The Bertz CT molecular complexity index is 1170. The molecule has 0 unspecified atom stereocenters. The van der Waals surface area contributed by atoms with Gasteiger partial charge >= 0.3 is 0 Å². The molecule has 0 saturated heterocycles. The molecular weight excluding hydrogens is 416 g/mol. The van der Waals surface area contributed by atoms with E-state index in [1.807, 2.05) is 23.6 Å². The lowest BCUT2D eigenvalue weighted by Gasteiger charge is -2.19. The summed E-state index contributed by atoms with van der Waals surface area (Å²) in [5, 5.41) is 4.98.